The van der Waals surface area contributed by atoms with Crippen LogP contribution in [-0.2, 0) is 0 Å². The molecule has 0 bridgehead atoms. The molecule has 0 saturated heterocycles. The first-order valence-electron chi connectivity index (χ1n) is 6.31. The molecule has 0 aliphatic heterocycles. The molecule has 0 atom stereocenters. The Labute approximate surface area is 116 Å². The predicted molar refractivity (Wildman–Crippen MR) is 78.5 cm³/mol. The molecule has 0 aliphatic carbocycles. The van der Waals surface area contributed by atoms with Crippen LogP contribution in [0.3, 0.4) is 0 Å². The Morgan fingerprint density at radius 3 is 2.39 bits per heavy atom. The van der Waals surface area contributed by atoms with Crippen LogP contribution in [0.25, 0.3) is 0 Å². The van der Waals surface area contributed by atoms with Gasteiger partial charge in [0, 0.05) is 22.5 Å². The molecule has 1 aromatic rings. The first-order chi connectivity index (χ1) is 8.18. The summed E-state index contributed by atoms with van der Waals surface area (Å²) in [7, 11) is 0. The summed E-state index contributed by atoms with van der Waals surface area (Å²) < 4.78 is 5.79. The number of rotatable bonds is 5. The second kappa shape index (κ2) is 5.94. The van der Waals surface area contributed by atoms with Crippen molar-refractivity contribution >= 4 is 11.6 Å². The number of hydrogen-bond donors (Lipinski definition) is 1. The molecule has 1 aromatic carbocycles. The topological polar surface area (TPSA) is 21.3 Å². The minimum Gasteiger partial charge on any atom is -0.493 e. The zero-order valence-corrected chi connectivity index (χ0v) is 12.8. The van der Waals surface area contributed by atoms with Crippen LogP contribution in [0.2, 0.25) is 5.02 Å². The van der Waals surface area contributed by atoms with E-state index in [4.69, 9.17) is 16.3 Å². The quantitative estimate of drug-likeness (QED) is 0.868. The Balaban J connectivity index is 2.46. The lowest BCUT2D eigenvalue weighted by molar-refractivity contribution is 0.166. The van der Waals surface area contributed by atoms with Gasteiger partial charge in [0.25, 0.3) is 0 Å². The second-order valence-corrected chi connectivity index (χ2v) is 6.95. The lowest BCUT2D eigenvalue weighted by Crippen LogP contribution is -2.43. The van der Waals surface area contributed by atoms with Gasteiger partial charge in [0.1, 0.15) is 5.75 Å². The summed E-state index contributed by atoms with van der Waals surface area (Å²) in [4.78, 5) is 0. The molecule has 0 aliphatic rings. The van der Waals surface area contributed by atoms with E-state index in [-0.39, 0.29) is 11.0 Å². The average Bonchev–Trinajstić information content (AvgIpc) is 2.24. The maximum atomic E-state index is 5.92. The predicted octanol–water partition coefficient (Wildman–Crippen LogP) is 4.13. The minimum atomic E-state index is 0.0790. The zero-order chi connectivity index (χ0) is 13.8. The number of ether oxygens (including phenoxy) is 1. The van der Waals surface area contributed by atoms with E-state index in [1.165, 1.54) is 0 Å². The highest BCUT2D eigenvalue weighted by Gasteiger charge is 2.21. The van der Waals surface area contributed by atoms with Gasteiger partial charge in [0.2, 0.25) is 0 Å². The third-order valence-corrected chi connectivity index (χ3v) is 2.76. The van der Waals surface area contributed by atoms with Crippen LogP contribution in [0.4, 0.5) is 0 Å². The first-order valence-corrected chi connectivity index (χ1v) is 6.69. The second-order valence-electron chi connectivity index (χ2n) is 6.51. The highest BCUT2D eigenvalue weighted by molar-refractivity contribution is 6.30. The van der Waals surface area contributed by atoms with Crippen molar-refractivity contribution in [3.63, 3.8) is 0 Å². The average molecular weight is 270 g/mol. The Morgan fingerprint density at radius 2 is 1.83 bits per heavy atom. The van der Waals surface area contributed by atoms with Gasteiger partial charge in [0.15, 0.2) is 0 Å². The molecule has 0 aromatic heterocycles. The molecule has 102 valence electrons. The van der Waals surface area contributed by atoms with Gasteiger partial charge in [-0.15, -0.1) is 0 Å². The molecule has 0 unspecified atom stereocenters. The molecule has 18 heavy (non-hydrogen) atoms. The first kappa shape index (κ1) is 15.3. The van der Waals surface area contributed by atoms with E-state index in [1.54, 1.807) is 0 Å². The van der Waals surface area contributed by atoms with Gasteiger partial charge in [-0.2, -0.15) is 0 Å². The fraction of sp³-hybridized carbons (Fsp3) is 0.600. The summed E-state index contributed by atoms with van der Waals surface area (Å²) in [5, 5.41) is 4.21. The number of benzene rings is 1. The number of nitrogens with one attached hydrogen (secondary N) is 1. The van der Waals surface area contributed by atoms with Gasteiger partial charge in [-0.05, 0) is 39.0 Å². The molecule has 0 radical (unpaired) electrons. The van der Waals surface area contributed by atoms with Crippen molar-refractivity contribution in [3.05, 3.63) is 29.3 Å². The van der Waals surface area contributed by atoms with Crippen LogP contribution in [0.15, 0.2) is 24.3 Å². The molecule has 1 rings (SSSR count). The van der Waals surface area contributed by atoms with Crippen molar-refractivity contribution in [3.8, 4) is 5.75 Å². The maximum absolute atomic E-state index is 5.92. The molecule has 0 amide bonds. The van der Waals surface area contributed by atoms with E-state index in [2.05, 4.69) is 39.9 Å². The van der Waals surface area contributed by atoms with Gasteiger partial charge in [-0.25, -0.2) is 0 Å². The zero-order valence-electron chi connectivity index (χ0n) is 12.0. The number of halogens is 1. The Bertz CT molecular complexity index is 382. The molecule has 0 fully saturated rings. The highest BCUT2D eigenvalue weighted by Crippen LogP contribution is 2.21. The van der Waals surface area contributed by atoms with Crippen LogP contribution in [0.1, 0.15) is 34.6 Å². The summed E-state index contributed by atoms with van der Waals surface area (Å²) in [6, 6.07) is 7.52. The molecule has 0 heterocycles. The van der Waals surface area contributed by atoms with E-state index in [0.717, 1.165) is 12.3 Å². The third kappa shape index (κ3) is 6.27. The standard InChI is InChI=1S/C15H24ClNO/c1-14(2,3)17-10-15(4,5)11-18-13-8-6-7-12(16)9-13/h6-9,17H,10-11H2,1-5H3. The number of hydrogen-bond acceptors (Lipinski definition) is 2. The Morgan fingerprint density at radius 1 is 1.17 bits per heavy atom. The van der Waals surface area contributed by atoms with E-state index in [9.17, 15) is 0 Å². The van der Waals surface area contributed by atoms with Crippen molar-refractivity contribution in [2.45, 2.75) is 40.2 Å². The van der Waals surface area contributed by atoms with E-state index in [1.807, 2.05) is 24.3 Å². The molecule has 1 N–H and O–H groups in total. The molecular formula is C15H24ClNO. The van der Waals surface area contributed by atoms with Crippen molar-refractivity contribution in [2.24, 2.45) is 5.41 Å². The summed E-state index contributed by atoms with van der Waals surface area (Å²) >= 11 is 5.92. The molecule has 3 heteroatoms. The largest absolute Gasteiger partial charge is 0.493 e. The SMILES string of the molecule is CC(C)(CNC(C)(C)C)COc1cccc(Cl)c1. The van der Waals surface area contributed by atoms with Gasteiger partial charge >= 0.3 is 0 Å². The highest BCUT2D eigenvalue weighted by atomic mass is 35.5. The summed E-state index contributed by atoms with van der Waals surface area (Å²) in [6.45, 7) is 12.5. The molecule has 0 spiro atoms. The van der Waals surface area contributed by atoms with Crippen LogP contribution in [0, 0.1) is 5.41 Å². The van der Waals surface area contributed by atoms with Crippen molar-refractivity contribution < 1.29 is 4.74 Å². The van der Waals surface area contributed by atoms with Crippen molar-refractivity contribution in [1.29, 1.82) is 0 Å². The van der Waals surface area contributed by atoms with Gasteiger partial charge in [-0.1, -0.05) is 31.5 Å². The lowest BCUT2D eigenvalue weighted by atomic mass is 9.93. The normalized spacial score (nSPS) is 12.6. The van der Waals surface area contributed by atoms with Crippen LogP contribution in [-0.4, -0.2) is 18.7 Å². The smallest absolute Gasteiger partial charge is 0.120 e. The minimum absolute atomic E-state index is 0.0790. The molecule has 0 saturated carbocycles. The van der Waals surface area contributed by atoms with Crippen molar-refractivity contribution in [1.82, 2.24) is 5.32 Å². The molecule has 2 nitrogen and oxygen atoms in total. The maximum Gasteiger partial charge on any atom is 0.120 e. The monoisotopic (exact) mass is 269 g/mol. The fourth-order valence-corrected chi connectivity index (χ4v) is 1.57. The van der Waals surface area contributed by atoms with Gasteiger partial charge in [0.05, 0.1) is 6.61 Å². The summed E-state index contributed by atoms with van der Waals surface area (Å²) in [6.07, 6.45) is 0. The molecular weight excluding hydrogens is 246 g/mol. The van der Waals surface area contributed by atoms with Crippen molar-refractivity contribution in [2.75, 3.05) is 13.2 Å². The Hall–Kier alpha value is -0.730. The van der Waals surface area contributed by atoms with Crippen LogP contribution < -0.4 is 10.1 Å². The Kier molecular flexibility index (Phi) is 5.06. The third-order valence-electron chi connectivity index (χ3n) is 2.52. The van der Waals surface area contributed by atoms with E-state index in [0.29, 0.717) is 11.6 Å². The van der Waals surface area contributed by atoms with Gasteiger partial charge in [-0.3, -0.25) is 0 Å². The van der Waals surface area contributed by atoms with E-state index < -0.39 is 0 Å². The van der Waals surface area contributed by atoms with Gasteiger partial charge < -0.3 is 10.1 Å². The lowest BCUT2D eigenvalue weighted by Gasteiger charge is -2.30. The summed E-state index contributed by atoms with van der Waals surface area (Å²) in [5.41, 5.74) is 0.211. The fourth-order valence-electron chi connectivity index (χ4n) is 1.39. The van der Waals surface area contributed by atoms with Crippen LogP contribution in [0.5, 0.6) is 5.75 Å². The summed E-state index contributed by atoms with van der Waals surface area (Å²) in [5.74, 6) is 0.825. The van der Waals surface area contributed by atoms with E-state index >= 15 is 0 Å². The van der Waals surface area contributed by atoms with Crippen LogP contribution >= 0.6 is 11.6 Å².